The topological polar surface area (TPSA) is 35.6 Å². The molecule has 1 atom stereocenters. The van der Waals surface area contributed by atoms with E-state index in [1.54, 1.807) is 25.1 Å². The number of carbonyl (C=O) groups is 1. The van der Waals surface area contributed by atoms with E-state index in [2.05, 4.69) is 26.1 Å². The number of halogens is 2. The van der Waals surface area contributed by atoms with Gasteiger partial charge in [-0.1, -0.05) is 15.9 Å². The van der Waals surface area contributed by atoms with Gasteiger partial charge in [0.05, 0.1) is 0 Å². The lowest BCUT2D eigenvalue weighted by molar-refractivity contribution is -0.135. The van der Waals surface area contributed by atoms with E-state index in [4.69, 9.17) is 0 Å². The second-order valence-electron chi connectivity index (χ2n) is 5.16. The summed E-state index contributed by atoms with van der Waals surface area (Å²) >= 11 is 3.44. The first kappa shape index (κ1) is 15.4. The van der Waals surface area contributed by atoms with Crippen LogP contribution < -0.4 is 5.32 Å². The maximum atomic E-state index is 13.4. The van der Waals surface area contributed by atoms with Crippen LogP contribution in [0.5, 0.6) is 0 Å². The monoisotopic (exact) mass is 343 g/mol. The molecule has 0 radical (unpaired) electrons. The number of hydrogen-bond donors (Lipinski definition) is 1. The fourth-order valence-electron chi connectivity index (χ4n) is 2.36. The number of amides is 1. The second-order valence-corrected chi connectivity index (χ2v) is 6.01. The molecule has 0 aliphatic carbocycles. The SMILES string of the molecule is CN(C)C(=O)C1CNCCN1Cc1cc(F)ccc1Br. The molecule has 0 spiro atoms. The molecule has 1 unspecified atom stereocenters. The molecule has 110 valence electrons. The Morgan fingerprint density at radius 3 is 3.00 bits per heavy atom. The number of likely N-dealkylation sites (N-methyl/N-ethyl adjacent to an activating group) is 1. The number of hydrogen-bond acceptors (Lipinski definition) is 3. The molecule has 20 heavy (non-hydrogen) atoms. The van der Waals surface area contributed by atoms with Gasteiger partial charge in [0.2, 0.25) is 5.91 Å². The highest BCUT2D eigenvalue weighted by Crippen LogP contribution is 2.21. The quantitative estimate of drug-likeness (QED) is 0.902. The van der Waals surface area contributed by atoms with Gasteiger partial charge in [-0.2, -0.15) is 0 Å². The average Bonchev–Trinajstić information content (AvgIpc) is 2.42. The molecule has 1 aromatic carbocycles. The Morgan fingerprint density at radius 1 is 1.55 bits per heavy atom. The van der Waals surface area contributed by atoms with Crippen LogP contribution in [-0.4, -0.2) is 55.5 Å². The van der Waals surface area contributed by atoms with E-state index in [9.17, 15) is 9.18 Å². The number of benzene rings is 1. The predicted molar refractivity (Wildman–Crippen MR) is 79.9 cm³/mol. The highest BCUT2D eigenvalue weighted by atomic mass is 79.9. The number of nitrogens with one attached hydrogen (secondary N) is 1. The van der Waals surface area contributed by atoms with Gasteiger partial charge in [-0.3, -0.25) is 9.69 Å². The minimum Gasteiger partial charge on any atom is -0.347 e. The van der Waals surface area contributed by atoms with Crippen molar-refractivity contribution in [3.63, 3.8) is 0 Å². The summed E-state index contributed by atoms with van der Waals surface area (Å²) in [4.78, 5) is 15.9. The van der Waals surface area contributed by atoms with Gasteiger partial charge in [-0.15, -0.1) is 0 Å². The van der Waals surface area contributed by atoms with Crippen LogP contribution >= 0.6 is 15.9 Å². The number of nitrogens with zero attached hydrogens (tertiary/aromatic N) is 2. The van der Waals surface area contributed by atoms with Gasteiger partial charge >= 0.3 is 0 Å². The summed E-state index contributed by atoms with van der Waals surface area (Å²) in [6.45, 7) is 2.80. The lowest BCUT2D eigenvalue weighted by Crippen LogP contribution is -2.57. The Balaban J connectivity index is 2.16. The molecule has 4 nitrogen and oxygen atoms in total. The van der Waals surface area contributed by atoms with Crippen LogP contribution in [0.1, 0.15) is 5.56 Å². The van der Waals surface area contributed by atoms with Crippen molar-refractivity contribution in [2.75, 3.05) is 33.7 Å². The summed E-state index contributed by atoms with van der Waals surface area (Å²) in [6, 6.07) is 4.45. The van der Waals surface area contributed by atoms with Gasteiger partial charge in [-0.25, -0.2) is 4.39 Å². The van der Waals surface area contributed by atoms with E-state index in [0.717, 1.165) is 23.1 Å². The summed E-state index contributed by atoms with van der Waals surface area (Å²) in [7, 11) is 3.51. The van der Waals surface area contributed by atoms with Crippen molar-refractivity contribution in [1.29, 1.82) is 0 Å². The molecule has 1 amide bonds. The Morgan fingerprint density at radius 2 is 2.30 bits per heavy atom. The van der Waals surface area contributed by atoms with E-state index in [1.165, 1.54) is 12.1 Å². The normalized spacial score (nSPS) is 19.9. The Kier molecular flexibility index (Phi) is 5.12. The predicted octanol–water partition coefficient (Wildman–Crippen LogP) is 1.45. The average molecular weight is 344 g/mol. The van der Waals surface area contributed by atoms with E-state index >= 15 is 0 Å². The first-order valence-electron chi connectivity index (χ1n) is 6.59. The van der Waals surface area contributed by atoms with Crippen LogP contribution in [0.2, 0.25) is 0 Å². The zero-order chi connectivity index (χ0) is 14.7. The summed E-state index contributed by atoms with van der Waals surface area (Å²) in [5.41, 5.74) is 0.864. The first-order valence-corrected chi connectivity index (χ1v) is 7.38. The molecule has 0 aromatic heterocycles. The van der Waals surface area contributed by atoms with Crippen molar-refractivity contribution in [1.82, 2.24) is 15.1 Å². The molecular weight excluding hydrogens is 325 g/mol. The van der Waals surface area contributed by atoms with Gasteiger partial charge in [0, 0.05) is 44.7 Å². The third kappa shape index (κ3) is 3.56. The third-order valence-corrected chi connectivity index (χ3v) is 4.23. The molecule has 1 saturated heterocycles. The molecule has 1 N–H and O–H groups in total. The van der Waals surface area contributed by atoms with Gasteiger partial charge in [0.15, 0.2) is 0 Å². The molecule has 1 aliphatic rings. The van der Waals surface area contributed by atoms with Crippen molar-refractivity contribution in [3.05, 3.63) is 34.1 Å². The number of carbonyl (C=O) groups excluding carboxylic acids is 1. The molecule has 1 heterocycles. The van der Waals surface area contributed by atoms with Crippen molar-refractivity contribution in [2.45, 2.75) is 12.6 Å². The van der Waals surface area contributed by atoms with Crippen molar-refractivity contribution in [3.8, 4) is 0 Å². The maximum absolute atomic E-state index is 13.4. The highest BCUT2D eigenvalue weighted by Gasteiger charge is 2.29. The molecule has 6 heteroatoms. The molecular formula is C14H19BrFN3O. The van der Waals surface area contributed by atoms with Crippen molar-refractivity contribution >= 4 is 21.8 Å². The zero-order valence-electron chi connectivity index (χ0n) is 11.7. The molecule has 0 saturated carbocycles. The Hall–Kier alpha value is -0.980. The molecule has 1 aliphatic heterocycles. The van der Waals surface area contributed by atoms with Gasteiger partial charge < -0.3 is 10.2 Å². The minimum atomic E-state index is -0.256. The fourth-order valence-corrected chi connectivity index (χ4v) is 2.73. The van der Waals surface area contributed by atoms with Crippen LogP contribution in [0.15, 0.2) is 22.7 Å². The summed E-state index contributed by atoms with van der Waals surface area (Å²) in [5.74, 6) is -0.182. The van der Waals surface area contributed by atoms with E-state index in [-0.39, 0.29) is 17.8 Å². The van der Waals surface area contributed by atoms with Crippen LogP contribution in [0.3, 0.4) is 0 Å². The Bertz CT molecular complexity index is 495. The molecule has 0 bridgehead atoms. The van der Waals surface area contributed by atoms with Crippen LogP contribution in [-0.2, 0) is 11.3 Å². The highest BCUT2D eigenvalue weighted by molar-refractivity contribution is 9.10. The van der Waals surface area contributed by atoms with Gasteiger partial charge in [0.25, 0.3) is 0 Å². The Labute approximate surface area is 127 Å². The molecule has 2 rings (SSSR count). The zero-order valence-corrected chi connectivity index (χ0v) is 13.3. The smallest absolute Gasteiger partial charge is 0.240 e. The lowest BCUT2D eigenvalue weighted by Gasteiger charge is -2.36. The van der Waals surface area contributed by atoms with Crippen LogP contribution in [0.25, 0.3) is 0 Å². The fraction of sp³-hybridized carbons (Fsp3) is 0.500. The second kappa shape index (κ2) is 6.65. The summed E-state index contributed by atoms with van der Waals surface area (Å²) in [6.07, 6.45) is 0. The van der Waals surface area contributed by atoms with Crippen molar-refractivity contribution in [2.24, 2.45) is 0 Å². The van der Waals surface area contributed by atoms with E-state index in [1.807, 2.05) is 0 Å². The third-order valence-electron chi connectivity index (χ3n) is 3.46. The maximum Gasteiger partial charge on any atom is 0.240 e. The van der Waals surface area contributed by atoms with Crippen LogP contribution in [0, 0.1) is 5.82 Å². The largest absolute Gasteiger partial charge is 0.347 e. The molecule has 1 fully saturated rings. The van der Waals surface area contributed by atoms with E-state index < -0.39 is 0 Å². The van der Waals surface area contributed by atoms with Crippen LogP contribution in [0.4, 0.5) is 4.39 Å². The summed E-state index contributed by atoms with van der Waals surface area (Å²) in [5, 5.41) is 3.24. The minimum absolute atomic E-state index is 0.0738. The lowest BCUT2D eigenvalue weighted by atomic mass is 10.1. The van der Waals surface area contributed by atoms with E-state index in [0.29, 0.717) is 13.1 Å². The van der Waals surface area contributed by atoms with Crippen molar-refractivity contribution < 1.29 is 9.18 Å². The number of rotatable bonds is 3. The standard InChI is InChI=1S/C14H19BrFN3O/c1-18(2)14(20)13-8-17-5-6-19(13)9-10-7-11(16)3-4-12(10)15/h3-4,7,13,17H,5-6,8-9H2,1-2H3. The van der Waals surface area contributed by atoms with Gasteiger partial charge in [0.1, 0.15) is 11.9 Å². The summed E-state index contributed by atoms with van der Waals surface area (Å²) < 4.78 is 14.2. The van der Waals surface area contributed by atoms with Gasteiger partial charge in [-0.05, 0) is 23.8 Å². The molecule has 1 aromatic rings. The first-order chi connectivity index (χ1) is 9.49. The number of piperazine rings is 1.